The number of amides is 1. The molecule has 0 bridgehead atoms. The van der Waals surface area contributed by atoms with E-state index in [0.717, 1.165) is 0 Å². The van der Waals surface area contributed by atoms with E-state index in [2.05, 4.69) is 5.32 Å². The third-order valence-corrected chi connectivity index (χ3v) is 8.05. The molecular formula is C34H41NO13. The molecule has 14 heteroatoms. The molecule has 0 unspecified atom stereocenters. The fraction of sp³-hybridized carbons (Fsp3) is 0.529. The molecule has 2 aromatic carbocycles. The number of benzene rings is 2. The van der Waals surface area contributed by atoms with Crippen LogP contribution >= 0.6 is 0 Å². The Labute approximate surface area is 278 Å². The molecule has 3 heterocycles. The molecule has 48 heavy (non-hydrogen) atoms. The lowest BCUT2D eigenvalue weighted by molar-refractivity contribution is -0.326. The predicted octanol–water partition coefficient (Wildman–Crippen LogP) is 2.53. The first kappa shape index (κ1) is 35.4. The number of hydrogen-bond donors (Lipinski definition) is 1. The van der Waals surface area contributed by atoms with Crippen molar-refractivity contribution < 1.29 is 61.8 Å². The van der Waals surface area contributed by atoms with Gasteiger partial charge < -0.3 is 47.9 Å². The largest absolute Gasteiger partial charge is 0.459 e. The average molecular weight is 672 g/mol. The summed E-state index contributed by atoms with van der Waals surface area (Å²) in [7, 11) is 1.49. The zero-order valence-corrected chi connectivity index (χ0v) is 27.6. The zero-order valence-electron chi connectivity index (χ0n) is 27.6. The Bertz CT molecular complexity index is 1440. The molecule has 3 aliphatic rings. The van der Waals surface area contributed by atoms with Gasteiger partial charge >= 0.3 is 17.9 Å². The van der Waals surface area contributed by atoms with Gasteiger partial charge in [0.25, 0.3) is 0 Å². The van der Waals surface area contributed by atoms with Crippen LogP contribution in [-0.4, -0.2) is 105 Å². The van der Waals surface area contributed by atoms with E-state index in [1.165, 1.54) is 21.0 Å². The number of hydrogen-bond acceptors (Lipinski definition) is 13. The predicted molar refractivity (Wildman–Crippen MR) is 164 cm³/mol. The second-order valence-electron chi connectivity index (χ2n) is 12.2. The summed E-state index contributed by atoms with van der Waals surface area (Å²) in [6.07, 6.45) is -8.92. The highest BCUT2D eigenvalue weighted by Gasteiger charge is 2.58. The van der Waals surface area contributed by atoms with Crippen molar-refractivity contribution in [3.8, 4) is 0 Å². The molecule has 5 rings (SSSR count). The molecule has 0 radical (unpaired) electrons. The van der Waals surface area contributed by atoms with Gasteiger partial charge in [-0.2, -0.15) is 0 Å². The van der Waals surface area contributed by atoms with Crippen molar-refractivity contribution >= 4 is 23.8 Å². The molecule has 0 saturated carbocycles. The number of carbonyl (C=O) groups is 4. The molecule has 3 fully saturated rings. The van der Waals surface area contributed by atoms with Crippen molar-refractivity contribution in [2.24, 2.45) is 0 Å². The lowest BCUT2D eigenvalue weighted by Gasteiger charge is -2.48. The molecular weight excluding hydrogens is 630 g/mol. The summed E-state index contributed by atoms with van der Waals surface area (Å²) in [6.45, 7) is 7.25. The van der Waals surface area contributed by atoms with Crippen molar-refractivity contribution in [2.75, 3.05) is 13.7 Å². The SMILES string of the molecule is CO[C@@H]1O[C@@H](C)[C@H](O[C@H]2O[C@H](COC(=O)c3ccccc3)[C@@H](OC(=O)c3ccccc3)[C@H](OC(C)=O)[C@@H]2NC(C)=O)[C@H]2OC(C)(C)O[C@@H]12. The maximum absolute atomic E-state index is 13.4. The topological polar surface area (TPSA) is 163 Å². The maximum atomic E-state index is 13.4. The van der Waals surface area contributed by atoms with E-state index in [1.807, 2.05) is 0 Å². The van der Waals surface area contributed by atoms with Gasteiger partial charge in [0.15, 0.2) is 30.6 Å². The summed E-state index contributed by atoms with van der Waals surface area (Å²) in [5.41, 5.74) is 0.487. The highest BCUT2D eigenvalue weighted by Crippen LogP contribution is 2.40. The Balaban J connectivity index is 1.49. The Morgan fingerprint density at radius 3 is 1.96 bits per heavy atom. The van der Waals surface area contributed by atoms with Crippen molar-refractivity contribution in [3.05, 3.63) is 71.8 Å². The highest BCUT2D eigenvalue weighted by molar-refractivity contribution is 5.90. The van der Waals surface area contributed by atoms with Gasteiger partial charge in [-0.25, -0.2) is 9.59 Å². The van der Waals surface area contributed by atoms with Crippen LogP contribution in [0.1, 0.15) is 55.3 Å². The summed E-state index contributed by atoms with van der Waals surface area (Å²) in [4.78, 5) is 51.4. The third-order valence-electron chi connectivity index (χ3n) is 8.05. The molecule has 0 spiro atoms. The van der Waals surface area contributed by atoms with E-state index in [-0.39, 0.29) is 11.1 Å². The summed E-state index contributed by atoms with van der Waals surface area (Å²) in [5, 5.41) is 2.74. The van der Waals surface area contributed by atoms with Crippen LogP contribution in [0, 0.1) is 0 Å². The van der Waals surface area contributed by atoms with Gasteiger partial charge in [-0.15, -0.1) is 0 Å². The first-order valence-corrected chi connectivity index (χ1v) is 15.6. The quantitative estimate of drug-likeness (QED) is 0.290. The van der Waals surface area contributed by atoms with Crippen molar-refractivity contribution in [2.45, 2.75) is 102 Å². The number of esters is 3. The van der Waals surface area contributed by atoms with Gasteiger partial charge in [-0.05, 0) is 45.0 Å². The molecule has 260 valence electrons. The molecule has 2 aromatic rings. The van der Waals surface area contributed by atoms with Crippen LogP contribution < -0.4 is 5.32 Å². The van der Waals surface area contributed by atoms with Crippen LogP contribution in [0.25, 0.3) is 0 Å². The van der Waals surface area contributed by atoms with Crippen LogP contribution in [0.2, 0.25) is 0 Å². The number of methoxy groups -OCH3 is 1. The van der Waals surface area contributed by atoms with E-state index < -0.39 is 97.6 Å². The minimum Gasteiger partial charge on any atom is -0.459 e. The van der Waals surface area contributed by atoms with Crippen molar-refractivity contribution in [1.82, 2.24) is 5.32 Å². The summed E-state index contributed by atoms with van der Waals surface area (Å²) in [5.74, 6) is -3.68. The van der Waals surface area contributed by atoms with Gasteiger partial charge in [0.2, 0.25) is 5.91 Å². The van der Waals surface area contributed by atoms with Crippen LogP contribution in [0.4, 0.5) is 0 Å². The van der Waals surface area contributed by atoms with Gasteiger partial charge in [0.05, 0.1) is 17.2 Å². The third kappa shape index (κ3) is 8.20. The van der Waals surface area contributed by atoms with Gasteiger partial charge in [-0.1, -0.05) is 36.4 Å². The van der Waals surface area contributed by atoms with E-state index in [9.17, 15) is 19.2 Å². The van der Waals surface area contributed by atoms with Crippen LogP contribution in [0.15, 0.2) is 60.7 Å². The van der Waals surface area contributed by atoms with E-state index in [0.29, 0.717) is 0 Å². The van der Waals surface area contributed by atoms with Gasteiger partial charge in [0.1, 0.15) is 37.1 Å². The van der Waals surface area contributed by atoms with Crippen LogP contribution in [0.3, 0.4) is 0 Å². The van der Waals surface area contributed by atoms with Crippen LogP contribution in [0.5, 0.6) is 0 Å². The number of fused-ring (bicyclic) bond motifs is 1. The second kappa shape index (κ2) is 15.1. The molecule has 3 saturated heterocycles. The first-order valence-electron chi connectivity index (χ1n) is 15.6. The molecule has 1 N–H and O–H groups in total. The second-order valence-corrected chi connectivity index (χ2v) is 12.2. The summed E-state index contributed by atoms with van der Waals surface area (Å²) < 4.78 is 54.1. The minimum absolute atomic E-state index is 0.210. The number of carbonyl (C=O) groups excluding carboxylic acids is 4. The Kier molecular flexibility index (Phi) is 11.1. The molecule has 1 amide bonds. The average Bonchev–Trinajstić information content (AvgIpc) is 3.39. The molecule has 10 atom stereocenters. The Morgan fingerprint density at radius 2 is 1.38 bits per heavy atom. The van der Waals surface area contributed by atoms with Gasteiger partial charge in [-0.3, -0.25) is 9.59 Å². The van der Waals surface area contributed by atoms with E-state index in [1.54, 1.807) is 81.4 Å². The zero-order chi connectivity index (χ0) is 34.6. The molecule has 0 aromatic heterocycles. The van der Waals surface area contributed by atoms with Crippen molar-refractivity contribution in [1.29, 1.82) is 0 Å². The molecule has 0 aliphatic carbocycles. The minimum atomic E-state index is -1.36. The van der Waals surface area contributed by atoms with Gasteiger partial charge in [0, 0.05) is 21.0 Å². The monoisotopic (exact) mass is 671 g/mol. The smallest absolute Gasteiger partial charge is 0.338 e. The highest BCUT2D eigenvalue weighted by atomic mass is 16.8. The Morgan fingerprint density at radius 1 is 0.771 bits per heavy atom. The van der Waals surface area contributed by atoms with Crippen molar-refractivity contribution in [3.63, 3.8) is 0 Å². The van der Waals surface area contributed by atoms with E-state index in [4.69, 9.17) is 42.6 Å². The summed E-state index contributed by atoms with van der Waals surface area (Å²) in [6, 6.07) is 15.2. The first-order chi connectivity index (χ1) is 22.9. The Hall–Kier alpha value is -3.92. The molecule has 3 aliphatic heterocycles. The fourth-order valence-electron chi connectivity index (χ4n) is 6.05. The number of rotatable bonds is 10. The molecule has 14 nitrogen and oxygen atoms in total. The summed E-state index contributed by atoms with van der Waals surface area (Å²) >= 11 is 0. The van der Waals surface area contributed by atoms with E-state index >= 15 is 0 Å². The number of nitrogens with one attached hydrogen (secondary N) is 1. The van der Waals surface area contributed by atoms with Crippen LogP contribution in [-0.2, 0) is 52.2 Å². The number of ether oxygens (including phenoxy) is 9. The standard InChI is InChI=1S/C34H41NO13/c1-18-25(28-29(33(40-6)42-18)48-34(4,5)47-28)46-32-24(35-19(2)36)27(43-20(3)37)26(45-31(39)22-15-11-8-12-16-22)23(44-32)17-41-30(38)21-13-9-7-10-14-21/h7-16,18,23-29,32-33H,17H2,1-6H3,(H,35,36)/t18-,23+,24-,25-,26+,27+,28+,29+,32+,33+/m0/s1. The lowest BCUT2D eigenvalue weighted by Crippen LogP contribution is -2.68. The maximum Gasteiger partial charge on any atom is 0.338 e. The fourth-order valence-corrected chi connectivity index (χ4v) is 6.05. The normalized spacial score (nSPS) is 32.4. The lowest BCUT2D eigenvalue weighted by atomic mass is 9.95.